The third-order valence-electron chi connectivity index (χ3n) is 2.16. The minimum absolute atomic E-state index is 0.0473. The van der Waals surface area contributed by atoms with Gasteiger partial charge in [-0.2, -0.15) is 0 Å². The van der Waals surface area contributed by atoms with Crippen LogP contribution in [0, 0.1) is 0 Å². The molecule has 2 N–H and O–H groups in total. The zero-order chi connectivity index (χ0) is 15.8. The highest BCUT2D eigenvalue weighted by atomic mass is 32.5. The van der Waals surface area contributed by atoms with Crippen molar-refractivity contribution in [2.24, 2.45) is 0 Å². The Morgan fingerprint density at radius 3 is 2.00 bits per heavy atom. The van der Waals surface area contributed by atoms with Crippen LogP contribution in [-0.2, 0) is 4.79 Å². The Bertz CT molecular complexity index is 585. The SMILES string of the molecule is CNC(=O)c1cc(NC(C)=O)cc(S(F)(F)(F)(F)F)c1. The van der Waals surface area contributed by atoms with E-state index in [2.05, 4.69) is 0 Å². The van der Waals surface area contributed by atoms with Crippen molar-refractivity contribution in [3.63, 3.8) is 0 Å². The van der Waals surface area contributed by atoms with Gasteiger partial charge in [-0.15, -0.1) is 0 Å². The van der Waals surface area contributed by atoms with Gasteiger partial charge in [0.25, 0.3) is 5.91 Å². The van der Waals surface area contributed by atoms with Crippen molar-refractivity contribution < 1.29 is 29.0 Å². The molecule has 0 aliphatic rings. The molecule has 4 nitrogen and oxygen atoms in total. The van der Waals surface area contributed by atoms with Crippen LogP contribution in [0.4, 0.5) is 25.1 Å². The molecular weight excluding hydrogens is 307 g/mol. The van der Waals surface area contributed by atoms with Gasteiger partial charge in [0.1, 0.15) is 4.90 Å². The Morgan fingerprint density at radius 1 is 1.05 bits per heavy atom. The Labute approximate surface area is 111 Å². The largest absolute Gasteiger partial charge is 0.355 e. The van der Waals surface area contributed by atoms with Crippen molar-refractivity contribution in [3.05, 3.63) is 23.8 Å². The number of halogens is 5. The van der Waals surface area contributed by atoms with Crippen molar-refractivity contribution in [2.45, 2.75) is 11.8 Å². The molecule has 0 spiro atoms. The van der Waals surface area contributed by atoms with E-state index in [9.17, 15) is 29.0 Å². The molecule has 0 saturated heterocycles. The fraction of sp³-hybridized carbons (Fsp3) is 0.200. The number of carbonyl (C=O) groups is 2. The van der Waals surface area contributed by atoms with E-state index in [1.54, 1.807) is 0 Å². The molecule has 0 unspecified atom stereocenters. The lowest BCUT2D eigenvalue weighted by Crippen LogP contribution is -2.19. The molecular formula is C10H11F5N2O2S. The number of amides is 2. The van der Waals surface area contributed by atoms with Crippen molar-refractivity contribution >= 4 is 27.7 Å². The zero-order valence-electron chi connectivity index (χ0n) is 10.3. The fourth-order valence-corrected chi connectivity index (χ4v) is 2.07. The van der Waals surface area contributed by atoms with Crippen molar-refractivity contribution in [1.29, 1.82) is 0 Å². The van der Waals surface area contributed by atoms with Crippen LogP contribution in [0.3, 0.4) is 0 Å². The average Bonchev–Trinajstić information content (AvgIpc) is 2.23. The highest BCUT2D eigenvalue weighted by molar-refractivity contribution is 8.45. The molecule has 20 heavy (non-hydrogen) atoms. The molecule has 10 heteroatoms. The van der Waals surface area contributed by atoms with Gasteiger partial charge in [-0.1, -0.05) is 19.4 Å². The van der Waals surface area contributed by atoms with Crippen molar-refractivity contribution in [1.82, 2.24) is 5.32 Å². The van der Waals surface area contributed by atoms with E-state index >= 15 is 0 Å². The van der Waals surface area contributed by atoms with Crippen LogP contribution < -0.4 is 10.6 Å². The summed E-state index contributed by atoms with van der Waals surface area (Å²) >= 11 is 0. The summed E-state index contributed by atoms with van der Waals surface area (Å²) in [5, 5.41) is 3.95. The lowest BCUT2D eigenvalue weighted by Gasteiger charge is -2.40. The molecule has 0 aliphatic carbocycles. The average molecular weight is 318 g/mol. The van der Waals surface area contributed by atoms with Crippen LogP contribution in [-0.4, -0.2) is 18.9 Å². The molecule has 1 rings (SSSR count). The molecule has 1 aromatic carbocycles. The summed E-state index contributed by atoms with van der Waals surface area (Å²) in [5.41, 5.74) is -1.18. The van der Waals surface area contributed by atoms with E-state index in [4.69, 9.17) is 0 Å². The van der Waals surface area contributed by atoms with Crippen LogP contribution in [0.15, 0.2) is 23.1 Å². The number of hydrogen-bond acceptors (Lipinski definition) is 2. The summed E-state index contributed by atoms with van der Waals surface area (Å²) in [6.07, 6.45) is 0. The first-order valence-corrected chi connectivity index (χ1v) is 7.07. The highest BCUT2D eigenvalue weighted by Crippen LogP contribution is 3.02. The molecule has 114 valence electrons. The molecule has 0 radical (unpaired) electrons. The van der Waals surface area contributed by atoms with Gasteiger partial charge in [0, 0.05) is 25.2 Å². The second kappa shape index (κ2) is 4.08. The molecule has 0 atom stereocenters. The summed E-state index contributed by atoms with van der Waals surface area (Å²) in [6.45, 7) is 0.992. The van der Waals surface area contributed by atoms with Gasteiger partial charge in [0.05, 0.1) is 0 Å². The number of anilines is 1. The predicted octanol–water partition coefficient (Wildman–Crippen LogP) is 3.66. The van der Waals surface area contributed by atoms with Crippen LogP contribution in [0.2, 0.25) is 0 Å². The van der Waals surface area contributed by atoms with Gasteiger partial charge in [-0.05, 0) is 18.2 Å². The van der Waals surface area contributed by atoms with Crippen molar-refractivity contribution in [2.75, 3.05) is 12.4 Å². The third-order valence-corrected chi connectivity index (χ3v) is 3.29. The Kier molecular flexibility index (Phi) is 3.30. The van der Waals surface area contributed by atoms with Crippen LogP contribution in [0.25, 0.3) is 0 Å². The van der Waals surface area contributed by atoms with E-state index in [0.717, 1.165) is 20.0 Å². The van der Waals surface area contributed by atoms with Gasteiger partial charge in [0.2, 0.25) is 5.91 Å². The fourth-order valence-electron chi connectivity index (χ4n) is 1.37. The summed E-state index contributed by atoms with van der Waals surface area (Å²) in [4.78, 5) is 19.9. The topological polar surface area (TPSA) is 58.2 Å². The number of rotatable bonds is 3. The van der Waals surface area contributed by atoms with Gasteiger partial charge < -0.3 is 10.6 Å². The Hall–Kier alpha value is -1.84. The minimum atomic E-state index is -9.95. The van der Waals surface area contributed by atoms with Crippen LogP contribution in [0.5, 0.6) is 0 Å². The van der Waals surface area contributed by atoms with Gasteiger partial charge >= 0.3 is 10.2 Å². The molecule has 0 fully saturated rings. The minimum Gasteiger partial charge on any atom is -0.355 e. The molecule has 0 aromatic heterocycles. The highest BCUT2D eigenvalue weighted by Gasteiger charge is 2.65. The molecule has 0 bridgehead atoms. The second-order valence-electron chi connectivity index (χ2n) is 3.98. The maximum Gasteiger partial charge on any atom is 0.310 e. The summed E-state index contributed by atoms with van der Waals surface area (Å²) in [6, 6.07) is 1.01. The van der Waals surface area contributed by atoms with Gasteiger partial charge in [0.15, 0.2) is 0 Å². The standard InChI is InChI=1S/C10H11F5N2O2S/c1-6(18)17-8-3-7(10(19)16-2)4-9(5-8)20(11,12,13,14)15/h3-5H,1-2H3,(H,16,19)(H,17,18). The van der Waals surface area contributed by atoms with E-state index in [-0.39, 0.29) is 12.1 Å². The number of carbonyl (C=O) groups excluding carboxylic acids is 2. The third kappa shape index (κ3) is 4.08. The second-order valence-corrected chi connectivity index (χ2v) is 6.38. The van der Waals surface area contributed by atoms with Gasteiger partial charge in [-0.3, -0.25) is 9.59 Å². The molecule has 0 saturated carbocycles. The zero-order valence-corrected chi connectivity index (χ0v) is 11.2. The summed E-state index contributed by atoms with van der Waals surface area (Å²) < 4.78 is 63.8. The summed E-state index contributed by atoms with van der Waals surface area (Å²) in [5.74, 6) is -1.74. The molecule has 0 heterocycles. The smallest absolute Gasteiger partial charge is 0.310 e. The Morgan fingerprint density at radius 2 is 1.60 bits per heavy atom. The van der Waals surface area contributed by atoms with Gasteiger partial charge in [-0.25, -0.2) is 0 Å². The Balaban J connectivity index is 3.55. The van der Waals surface area contributed by atoms with E-state index in [0.29, 0.717) is 0 Å². The van der Waals surface area contributed by atoms with Crippen LogP contribution >= 0.6 is 10.2 Å². The first-order chi connectivity index (χ1) is 8.72. The number of benzene rings is 1. The van der Waals surface area contributed by atoms with E-state index in [1.165, 1.54) is 0 Å². The molecule has 1 aromatic rings. The monoisotopic (exact) mass is 318 g/mol. The number of nitrogens with one attached hydrogen (secondary N) is 2. The molecule has 2 amide bonds. The summed E-state index contributed by atoms with van der Waals surface area (Å²) in [7, 11) is -8.82. The number of hydrogen-bond donors (Lipinski definition) is 2. The molecule has 0 aliphatic heterocycles. The van der Waals surface area contributed by atoms with E-state index < -0.39 is 38.2 Å². The van der Waals surface area contributed by atoms with Crippen molar-refractivity contribution in [3.8, 4) is 0 Å². The first-order valence-electron chi connectivity index (χ1n) is 5.12. The predicted molar refractivity (Wildman–Crippen MR) is 65.5 cm³/mol. The maximum absolute atomic E-state index is 12.8. The van der Waals surface area contributed by atoms with Crippen LogP contribution in [0.1, 0.15) is 17.3 Å². The maximum atomic E-state index is 12.8. The quantitative estimate of drug-likeness (QED) is 0.836. The lowest BCUT2D eigenvalue weighted by molar-refractivity contribution is -0.114. The normalized spacial score (nSPS) is 14.9. The first kappa shape index (κ1) is 16.2. The van der Waals surface area contributed by atoms with E-state index in [1.807, 2.05) is 10.6 Å². The lowest BCUT2D eigenvalue weighted by atomic mass is 10.2.